The molecule has 1 atom stereocenters. The Morgan fingerprint density at radius 3 is 2.90 bits per heavy atom. The van der Waals surface area contributed by atoms with Gasteiger partial charge in [-0.05, 0) is 71.2 Å². The van der Waals surface area contributed by atoms with Crippen molar-refractivity contribution in [3.8, 4) is 0 Å². The summed E-state index contributed by atoms with van der Waals surface area (Å²) in [5, 5.41) is 0. The van der Waals surface area contributed by atoms with Crippen LogP contribution in [0.3, 0.4) is 0 Å². The molecule has 0 bridgehead atoms. The standard InChI is InChI=1S/C17H16INO2/c18-12-8-9-15(19)14(10-12)17(20)21-16-7-3-5-11-4-1-2-6-13(11)16/h1-2,4,6,8-10,16H,3,5,7,19H2. The molecule has 0 saturated heterocycles. The number of ether oxygens (including phenoxy) is 1. The van der Waals surface area contributed by atoms with Crippen LogP contribution < -0.4 is 5.73 Å². The van der Waals surface area contributed by atoms with E-state index in [1.54, 1.807) is 12.1 Å². The average molecular weight is 393 g/mol. The predicted octanol–water partition coefficient (Wildman–Crippen LogP) is 4.11. The van der Waals surface area contributed by atoms with Crippen molar-refractivity contribution in [1.82, 2.24) is 0 Å². The number of carbonyl (C=O) groups is 1. The lowest BCUT2D eigenvalue weighted by molar-refractivity contribution is 0.0257. The van der Waals surface area contributed by atoms with Crippen molar-refractivity contribution >= 4 is 34.2 Å². The van der Waals surface area contributed by atoms with Gasteiger partial charge in [0.15, 0.2) is 0 Å². The van der Waals surface area contributed by atoms with E-state index in [2.05, 4.69) is 28.7 Å². The van der Waals surface area contributed by atoms with E-state index >= 15 is 0 Å². The Morgan fingerprint density at radius 1 is 1.24 bits per heavy atom. The number of fused-ring (bicyclic) bond motifs is 1. The van der Waals surface area contributed by atoms with Crippen molar-refractivity contribution in [2.75, 3.05) is 5.73 Å². The van der Waals surface area contributed by atoms with Crippen molar-refractivity contribution in [3.05, 3.63) is 62.7 Å². The molecule has 0 heterocycles. The number of aryl methyl sites for hydroxylation is 1. The largest absolute Gasteiger partial charge is 0.454 e. The van der Waals surface area contributed by atoms with Crippen LogP contribution in [0.4, 0.5) is 5.69 Å². The van der Waals surface area contributed by atoms with Crippen LogP contribution in [-0.4, -0.2) is 5.97 Å². The Bertz CT molecular complexity index is 684. The van der Waals surface area contributed by atoms with E-state index in [1.165, 1.54) is 5.56 Å². The Kier molecular flexibility index (Phi) is 4.14. The number of hydrogen-bond acceptors (Lipinski definition) is 3. The molecule has 1 unspecified atom stereocenters. The van der Waals surface area contributed by atoms with E-state index in [1.807, 2.05) is 24.3 Å². The number of benzene rings is 2. The minimum atomic E-state index is -0.340. The molecule has 0 radical (unpaired) electrons. The molecule has 3 nitrogen and oxygen atoms in total. The van der Waals surface area contributed by atoms with Crippen LogP contribution in [-0.2, 0) is 11.2 Å². The monoisotopic (exact) mass is 393 g/mol. The Morgan fingerprint density at radius 2 is 2.05 bits per heavy atom. The first kappa shape index (κ1) is 14.4. The third kappa shape index (κ3) is 3.05. The smallest absolute Gasteiger partial charge is 0.340 e. The molecule has 1 aliphatic carbocycles. The van der Waals surface area contributed by atoms with Gasteiger partial charge in [-0.25, -0.2) is 4.79 Å². The number of carbonyl (C=O) groups excluding carboxylic acids is 1. The number of esters is 1. The summed E-state index contributed by atoms with van der Waals surface area (Å²) in [6, 6.07) is 13.6. The van der Waals surface area contributed by atoms with Gasteiger partial charge >= 0.3 is 5.97 Å². The summed E-state index contributed by atoms with van der Waals surface area (Å²) in [6.07, 6.45) is 2.79. The summed E-state index contributed by atoms with van der Waals surface area (Å²) >= 11 is 2.16. The van der Waals surface area contributed by atoms with Gasteiger partial charge in [0.1, 0.15) is 6.10 Å². The fourth-order valence-electron chi connectivity index (χ4n) is 2.73. The molecule has 2 aromatic carbocycles. The molecular weight excluding hydrogens is 377 g/mol. The highest BCUT2D eigenvalue weighted by Gasteiger charge is 2.24. The van der Waals surface area contributed by atoms with Gasteiger partial charge in [-0.2, -0.15) is 0 Å². The van der Waals surface area contributed by atoms with E-state index in [9.17, 15) is 4.79 Å². The lowest BCUT2D eigenvalue weighted by atomic mass is 9.89. The lowest BCUT2D eigenvalue weighted by Crippen LogP contribution is -2.17. The van der Waals surface area contributed by atoms with E-state index in [0.29, 0.717) is 11.3 Å². The summed E-state index contributed by atoms with van der Waals surface area (Å²) in [4.78, 5) is 12.4. The Labute approximate surface area is 137 Å². The molecular formula is C17H16INO2. The number of hydrogen-bond donors (Lipinski definition) is 1. The zero-order valence-corrected chi connectivity index (χ0v) is 13.7. The SMILES string of the molecule is Nc1ccc(I)cc1C(=O)OC1CCCc2ccccc21. The number of rotatable bonds is 2. The van der Waals surface area contributed by atoms with Crippen molar-refractivity contribution in [2.24, 2.45) is 0 Å². The number of nitrogens with two attached hydrogens (primary N) is 1. The van der Waals surface area contributed by atoms with Gasteiger partial charge in [-0.1, -0.05) is 24.3 Å². The first-order chi connectivity index (χ1) is 10.1. The maximum atomic E-state index is 12.4. The second kappa shape index (κ2) is 6.05. The van der Waals surface area contributed by atoms with Crippen LogP contribution in [0.15, 0.2) is 42.5 Å². The Balaban J connectivity index is 1.84. The zero-order valence-electron chi connectivity index (χ0n) is 11.5. The second-order valence-corrected chi connectivity index (χ2v) is 6.46. The molecule has 0 saturated carbocycles. The van der Waals surface area contributed by atoms with Gasteiger partial charge in [-0.3, -0.25) is 0 Å². The minimum absolute atomic E-state index is 0.167. The zero-order chi connectivity index (χ0) is 14.8. The van der Waals surface area contributed by atoms with Gasteiger partial charge in [0.05, 0.1) is 5.56 Å². The van der Waals surface area contributed by atoms with Crippen molar-refractivity contribution in [2.45, 2.75) is 25.4 Å². The first-order valence-corrected chi connectivity index (χ1v) is 8.07. The quantitative estimate of drug-likeness (QED) is 0.475. The van der Waals surface area contributed by atoms with Crippen molar-refractivity contribution in [3.63, 3.8) is 0 Å². The first-order valence-electron chi connectivity index (χ1n) is 6.99. The molecule has 21 heavy (non-hydrogen) atoms. The summed E-state index contributed by atoms with van der Waals surface area (Å²) in [5.41, 5.74) is 9.20. The predicted molar refractivity (Wildman–Crippen MR) is 91.1 cm³/mol. The fourth-order valence-corrected chi connectivity index (χ4v) is 3.22. The summed E-state index contributed by atoms with van der Waals surface area (Å²) in [6.45, 7) is 0. The van der Waals surface area contributed by atoms with Gasteiger partial charge < -0.3 is 10.5 Å². The maximum Gasteiger partial charge on any atom is 0.340 e. The summed E-state index contributed by atoms with van der Waals surface area (Å²) < 4.78 is 6.69. The van der Waals surface area contributed by atoms with Crippen LogP contribution in [0.1, 0.15) is 40.4 Å². The highest BCUT2D eigenvalue weighted by Crippen LogP contribution is 2.33. The molecule has 0 fully saturated rings. The van der Waals surface area contributed by atoms with Gasteiger partial charge in [0.2, 0.25) is 0 Å². The number of nitrogen functional groups attached to an aromatic ring is 1. The summed E-state index contributed by atoms with van der Waals surface area (Å²) in [5.74, 6) is -0.340. The molecule has 2 N–H and O–H groups in total. The highest BCUT2D eigenvalue weighted by molar-refractivity contribution is 14.1. The molecule has 108 valence electrons. The normalized spacial score (nSPS) is 17.1. The lowest BCUT2D eigenvalue weighted by Gasteiger charge is -2.25. The van der Waals surface area contributed by atoms with E-state index in [4.69, 9.17) is 10.5 Å². The van der Waals surface area contributed by atoms with E-state index in [-0.39, 0.29) is 12.1 Å². The summed E-state index contributed by atoms with van der Waals surface area (Å²) in [7, 11) is 0. The minimum Gasteiger partial charge on any atom is -0.454 e. The fraction of sp³-hybridized carbons (Fsp3) is 0.235. The average Bonchev–Trinajstić information content (AvgIpc) is 2.50. The number of halogens is 1. The van der Waals surface area contributed by atoms with E-state index < -0.39 is 0 Å². The molecule has 0 spiro atoms. The molecule has 2 aromatic rings. The molecule has 0 aromatic heterocycles. The second-order valence-electron chi connectivity index (χ2n) is 5.22. The van der Waals surface area contributed by atoms with Gasteiger partial charge in [-0.15, -0.1) is 0 Å². The topological polar surface area (TPSA) is 52.3 Å². The molecule has 0 aliphatic heterocycles. The maximum absolute atomic E-state index is 12.4. The highest BCUT2D eigenvalue weighted by atomic mass is 127. The van der Waals surface area contributed by atoms with Gasteiger partial charge in [0.25, 0.3) is 0 Å². The third-order valence-corrected chi connectivity index (χ3v) is 4.47. The Hall–Kier alpha value is -1.56. The van der Waals surface area contributed by atoms with Crippen LogP contribution in [0.25, 0.3) is 0 Å². The van der Waals surface area contributed by atoms with Crippen molar-refractivity contribution in [1.29, 1.82) is 0 Å². The number of anilines is 1. The molecule has 3 rings (SSSR count). The third-order valence-electron chi connectivity index (χ3n) is 3.80. The van der Waals surface area contributed by atoms with Gasteiger partial charge in [0, 0.05) is 9.26 Å². The van der Waals surface area contributed by atoms with Crippen LogP contribution >= 0.6 is 22.6 Å². The molecule has 4 heteroatoms. The van der Waals surface area contributed by atoms with Crippen LogP contribution in [0.2, 0.25) is 0 Å². The van der Waals surface area contributed by atoms with Crippen LogP contribution in [0.5, 0.6) is 0 Å². The molecule has 0 amide bonds. The molecule has 1 aliphatic rings. The van der Waals surface area contributed by atoms with Crippen LogP contribution in [0, 0.1) is 3.57 Å². The van der Waals surface area contributed by atoms with Crippen molar-refractivity contribution < 1.29 is 9.53 Å². The van der Waals surface area contributed by atoms with E-state index in [0.717, 1.165) is 28.4 Å².